The summed E-state index contributed by atoms with van der Waals surface area (Å²) >= 11 is 1.75. The van der Waals surface area contributed by atoms with Crippen LogP contribution in [0.25, 0.3) is 10.7 Å². The van der Waals surface area contributed by atoms with Crippen molar-refractivity contribution >= 4 is 11.3 Å². The highest BCUT2D eigenvalue weighted by Gasteiger charge is 2.14. The van der Waals surface area contributed by atoms with E-state index in [1.807, 2.05) is 18.7 Å². The van der Waals surface area contributed by atoms with Gasteiger partial charge >= 0.3 is 0 Å². The topological polar surface area (TPSA) is 42.7 Å². The molecule has 0 fully saturated rings. The number of aromatic nitrogens is 3. The van der Waals surface area contributed by atoms with E-state index in [0.717, 1.165) is 23.7 Å². The number of thiazole rings is 1. The lowest BCUT2D eigenvalue weighted by Gasteiger charge is -2.10. The third-order valence-electron chi connectivity index (χ3n) is 3.09. The van der Waals surface area contributed by atoms with Gasteiger partial charge in [0.1, 0.15) is 5.01 Å². The van der Waals surface area contributed by atoms with Crippen LogP contribution in [0.15, 0.2) is 18.7 Å². The molecule has 19 heavy (non-hydrogen) atoms. The lowest BCUT2D eigenvalue weighted by atomic mass is 10.3. The Kier molecular flexibility index (Phi) is 4.71. The molecule has 2 aromatic rings. The molecule has 104 valence electrons. The van der Waals surface area contributed by atoms with Crippen LogP contribution in [-0.2, 0) is 0 Å². The standard InChI is InChI=1S/C14H22N4S/c1-5-6-16-11(4)13-8-17-14(19-13)12-7-15-9-18(12)10(2)3/h7-11,16H,5-6H2,1-4H3. The molecular formula is C14H22N4S. The minimum absolute atomic E-state index is 0.363. The second kappa shape index (κ2) is 6.30. The smallest absolute Gasteiger partial charge is 0.141 e. The zero-order valence-corrected chi connectivity index (χ0v) is 12.9. The summed E-state index contributed by atoms with van der Waals surface area (Å²) in [4.78, 5) is 10.1. The summed E-state index contributed by atoms with van der Waals surface area (Å²) < 4.78 is 2.16. The Labute approximate surface area is 118 Å². The summed E-state index contributed by atoms with van der Waals surface area (Å²) in [6, 6.07) is 0.766. The van der Waals surface area contributed by atoms with E-state index in [2.05, 4.69) is 47.5 Å². The molecule has 0 amide bonds. The zero-order valence-electron chi connectivity index (χ0n) is 12.1. The Morgan fingerprint density at radius 2 is 2.11 bits per heavy atom. The summed E-state index contributed by atoms with van der Waals surface area (Å²) in [5.74, 6) is 0. The number of nitrogens with one attached hydrogen (secondary N) is 1. The predicted octanol–water partition coefficient (Wildman–Crippen LogP) is 3.65. The van der Waals surface area contributed by atoms with Gasteiger partial charge in [0, 0.05) is 23.2 Å². The first-order chi connectivity index (χ1) is 9.13. The highest BCUT2D eigenvalue weighted by Crippen LogP contribution is 2.29. The maximum atomic E-state index is 4.55. The summed E-state index contributed by atoms with van der Waals surface area (Å²) in [5.41, 5.74) is 1.11. The summed E-state index contributed by atoms with van der Waals surface area (Å²) in [5, 5.41) is 4.54. The monoisotopic (exact) mass is 278 g/mol. The van der Waals surface area contributed by atoms with Crippen LogP contribution >= 0.6 is 11.3 Å². The van der Waals surface area contributed by atoms with Crippen LogP contribution in [0.5, 0.6) is 0 Å². The van der Waals surface area contributed by atoms with Crippen molar-refractivity contribution in [3.8, 4) is 10.7 Å². The predicted molar refractivity (Wildman–Crippen MR) is 80.4 cm³/mol. The van der Waals surface area contributed by atoms with Crippen molar-refractivity contribution in [1.29, 1.82) is 0 Å². The molecule has 0 saturated carbocycles. The molecule has 0 radical (unpaired) electrons. The van der Waals surface area contributed by atoms with Gasteiger partial charge in [0.05, 0.1) is 18.2 Å². The average molecular weight is 278 g/mol. The minimum atomic E-state index is 0.363. The molecule has 0 aliphatic carbocycles. The molecular weight excluding hydrogens is 256 g/mol. The normalized spacial score (nSPS) is 13.1. The van der Waals surface area contributed by atoms with Crippen molar-refractivity contribution in [2.75, 3.05) is 6.54 Å². The van der Waals surface area contributed by atoms with Crippen LogP contribution in [-0.4, -0.2) is 21.1 Å². The molecule has 0 aromatic carbocycles. The van der Waals surface area contributed by atoms with Crippen molar-refractivity contribution in [1.82, 2.24) is 19.9 Å². The van der Waals surface area contributed by atoms with Gasteiger partial charge in [0.2, 0.25) is 0 Å². The van der Waals surface area contributed by atoms with Gasteiger partial charge in [-0.05, 0) is 33.7 Å². The Morgan fingerprint density at radius 1 is 1.32 bits per heavy atom. The van der Waals surface area contributed by atoms with Crippen LogP contribution in [0, 0.1) is 0 Å². The lowest BCUT2D eigenvalue weighted by Crippen LogP contribution is -2.18. The van der Waals surface area contributed by atoms with E-state index in [-0.39, 0.29) is 0 Å². The fraction of sp³-hybridized carbons (Fsp3) is 0.571. The molecule has 0 bridgehead atoms. The highest BCUT2D eigenvalue weighted by molar-refractivity contribution is 7.15. The Hall–Kier alpha value is -1.20. The fourth-order valence-electron chi connectivity index (χ4n) is 1.95. The summed E-state index contributed by atoms with van der Waals surface area (Å²) in [7, 11) is 0. The second-order valence-electron chi connectivity index (χ2n) is 5.02. The third kappa shape index (κ3) is 3.22. The summed E-state index contributed by atoms with van der Waals surface area (Å²) in [6.07, 6.45) is 6.90. The number of hydrogen-bond acceptors (Lipinski definition) is 4. The van der Waals surface area contributed by atoms with Gasteiger partial charge < -0.3 is 9.88 Å². The second-order valence-corrected chi connectivity index (χ2v) is 6.09. The van der Waals surface area contributed by atoms with E-state index in [4.69, 9.17) is 0 Å². The number of nitrogens with zero attached hydrogens (tertiary/aromatic N) is 3. The van der Waals surface area contributed by atoms with Crippen molar-refractivity contribution in [2.24, 2.45) is 0 Å². The quantitative estimate of drug-likeness (QED) is 0.877. The zero-order chi connectivity index (χ0) is 13.8. The molecule has 4 nitrogen and oxygen atoms in total. The van der Waals surface area contributed by atoms with Crippen molar-refractivity contribution in [2.45, 2.75) is 46.2 Å². The lowest BCUT2D eigenvalue weighted by molar-refractivity contribution is 0.577. The number of hydrogen-bond donors (Lipinski definition) is 1. The molecule has 0 aliphatic rings. The molecule has 1 unspecified atom stereocenters. The van der Waals surface area contributed by atoms with Gasteiger partial charge in [-0.3, -0.25) is 0 Å². The van der Waals surface area contributed by atoms with E-state index in [1.54, 1.807) is 11.3 Å². The first kappa shape index (κ1) is 14.2. The molecule has 2 rings (SSSR count). The third-order valence-corrected chi connectivity index (χ3v) is 4.29. The molecule has 0 saturated heterocycles. The largest absolute Gasteiger partial charge is 0.326 e. The van der Waals surface area contributed by atoms with Gasteiger partial charge in [0.25, 0.3) is 0 Å². The Morgan fingerprint density at radius 3 is 2.79 bits per heavy atom. The van der Waals surface area contributed by atoms with Crippen molar-refractivity contribution < 1.29 is 0 Å². The van der Waals surface area contributed by atoms with Crippen molar-refractivity contribution in [3.05, 3.63) is 23.6 Å². The van der Waals surface area contributed by atoms with Crippen LogP contribution in [0.2, 0.25) is 0 Å². The van der Waals surface area contributed by atoms with E-state index in [0.29, 0.717) is 12.1 Å². The number of imidazole rings is 1. The van der Waals surface area contributed by atoms with Crippen LogP contribution in [0.1, 0.15) is 51.1 Å². The van der Waals surface area contributed by atoms with Crippen molar-refractivity contribution in [3.63, 3.8) is 0 Å². The van der Waals surface area contributed by atoms with Crippen LogP contribution in [0.4, 0.5) is 0 Å². The van der Waals surface area contributed by atoms with Crippen LogP contribution in [0.3, 0.4) is 0 Å². The first-order valence-electron chi connectivity index (χ1n) is 6.84. The molecule has 5 heteroatoms. The fourth-order valence-corrected chi connectivity index (χ4v) is 2.91. The molecule has 1 N–H and O–H groups in total. The van der Waals surface area contributed by atoms with E-state index in [1.165, 1.54) is 4.88 Å². The van der Waals surface area contributed by atoms with Gasteiger partial charge in [0.15, 0.2) is 0 Å². The van der Waals surface area contributed by atoms with Gasteiger partial charge in [-0.15, -0.1) is 11.3 Å². The molecule has 2 heterocycles. The molecule has 0 spiro atoms. The Balaban J connectivity index is 2.18. The highest BCUT2D eigenvalue weighted by atomic mass is 32.1. The molecule has 1 atom stereocenters. The molecule has 2 aromatic heterocycles. The van der Waals surface area contributed by atoms with Gasteiger partial charge in [-0.1, -0.05) is 6.92 Å². The maximum Gasteiger partial charge on any atom is 0.141 e. The molecule has 0 aliphatic heterocycles. The average Bonchev–Trinajstić information content (AvgIpc) is 3.02. The first-order valence-corrected chi connectivity index (χ1v) is 7.66. The van der Waals surface area contributed by atoms with E-state index >= 15 is 0 Å². The van der Waals surface area contributed by atoms with Gasteiger partial charge in [-0.25, -0.2) is 9.97 Å². The maximum absolute atomic E-state index is 4.55. The van der Waals surface area contributed by atoms with E-state index < -0.39 is 0 Å². The van der Waals surface area contributed by atoms with Gasteiger partial charge in [-0.2, -0.15) is 0 Å². The minimum Gasteiger partial charge on any atom is -0.326 e. The Bertz CT molecular complexity index is 515. The van der Waals surface area contributed by atoms with E-state index in [9.17, 15) is 0 Å². The number of rotatable bonds is 6. The summed E-state index contributed by atoms with van der Waals surface area (Å²) in [6.45, 7) is 9.72. The van der Waals surface area contributed by atoms with Crippen LogP contribution < -0.4 is 5.32 Å². The SMILES string of the molecule is CCCNC(C)c1cnc(-c2cncn2C(C)C)s1.